The molecule has 2 rings (SSSR count). The molecule has 2 unspecified atom stereocenters. The van der Waals surface area contributed by atoms with E-state index >= 15 is 0 Å². The number of nitrogens with two attached hydrogens (primary N) is 1. The summed E-state index contributed by atoms with van der Waals surface area (Å²) < 4.78 is 14.1. The van der Waals surface area contributed by atoms with Crippen LogP contribution in [0.5, 0.6) is 0 Å². The third-order valence-corrected chi connectivity index (χ3v) is 3.73. The normalized spacial score (nSPS) is 29.7. The molecule has 0 bridgehead atoms. The van der Waals surface area contributed by atoms with Crippen molar-refractivity contribution in [1.82, 2.24) is 0 Å². The van der Waals surface area contributed by atoms with Gasteiger partial charge in [0.1, 0.15) is 5.82 Å². The van der Waals surface area contributed by atoms with Gasteiger partial charge in [0.25, 0.3) is 0 Å². The third kappa shape index (κ3) is 1.86. The van der Waals surface area contributed by atoms with Gasteiger partial charge in [-0.15, -0.1) is 0 Å². The van der Waals surface area contributed by atoms with Crippen LogP contribution in [0.15, 0.2) is 12.1 Å². The Bertz CT molecular complexity index is 390. The Hall–Kier alpha value is -0.890. The molecule has 16 heavy (non-hydrogen) atoms. The number of halogens is 1. The van der Waals surface area contributed by atoms with Gasteiger partial charge in [-0.25, -0.2) is 4.39 Å². The highest BCUT2D eigenvalue weighted by Gasteiger charge is 2.38. The second kappa shape index (κ2) is 3.85. The zero-order valence-electron chi connectivity index (χ0n) is 10.3. The van der Waals surface area contributed by atoms with Crippen molar-refractivity contribution in [3.63, 3.8) is 0 Å². The van der Waals surface area contributed by atoms with Crippen LogP contribution in [0, 0.1) is 25.6 Å². The number of rotatable bonds is 1. The molecule has 1 saturated carbocycles. The third-order valence-electron chi connectivity index (χ3n) is 3.73. The van der Waals surface area contributed by atoms with Crippen LogP contribution in [0.25, 0.3) is 0 Å². The molecule has 0 aromatic heterocycles. The van der Waals surface area contributed by atoms with E-state index in [0.29, 0.717) is 5.92 Å². The monoisotopic (exact) mass is 221 g/mol. The highest BCUT2D eigenvalue weighted by Crippen LogP contribution is 2.42. The van der Waals surface area contributed by atoms with Gasteiger partial charge in [0.05, 0.1) is 0 Å². The average Bonchev–Trinajstić information content (AvgIpc) is 2.44. The van der Waals surface area contributed by atoms with Gasteiger partial charge in [0.2, 0.25) is 0 Å². The lowest BCUT2D eigenvalue weighted by Gasteiger charge is -2.27. The molecule has 0 radical (unpaired) electrons. The second-order valence-electron chi connectivity index (χ2n) is 5.44. The summed E-state index contributed by atoms with van der Waals surface area (Å²) in [6.07, 6.45) is 2.89. The molecule has 0 heterocycles. The van der Waals surface area contributed by atoms with E-state index in [4.69, 9.17) is 5.73 Å². The fraction of sp³-hybridized carbons (Fsp3) is 0.571. The van der Waals surface area contributed by atoms with E-state index in [1.165, 1.54) is 0 Å². The number of benzene rings is 1. The molecule has 2 heteroatoms. The van der Waals surface area contributed by atoms with Crippen LogP contribution in [0.3, 0.4) is 0 Å². The van der Waals surface area contributed by atoms with Crippen LogP contribution >= 0.6 is 0 Å². The van der Waals surface area contributed by atoms with Gasteiger partial charge in [0, 0.05) is 11.1 Å². The Balaban J connectivity index is 2.48. The van der Waals surface area contributed by atoms with E-state index in [1.54, 1.807) is 6.07 Å². The van der Waals surface area contributed by atoms with Crippen LogP contribution < -0.4 is 5.73 Å². The van der Waals surface area contributed by atoms with Crippen molar-refractivity contribution in [1.29, 1.82) is 0 Å². The van der Waals surface area contributed by atoms with Crippen LogP contribution in [-0.4, -0.2) is 0 Å². The van der Waals surface area contributed by atoms with Crippen LogP contribution in [0.1, 0.15) is 42.9 Å². The molecular formula is C14H20FN. The number of hydrogen-bond donors (Lipinski definition) is 1. The molecule has 2 N–H and O–H groups in total. The van der Waals surface area contributed by atoms with Crippen LogP contribution in [0.2, 0.25) is 0 Å². The minimum atomic E-state index is -0.443. The van der Waals surface area contributed by atoms with Gasteiger partial charge in [0.15, 0.2) is 0 Å². The van der Waals surface area contributed by atoms with Gasteiger partial charge in [-0.05, 0) is 56.2 Å². The van der Waals surface area contributed by atoms with Crippen molar-refractivity contribution in [2.24, 2.45) is 11.7 Å². The van der Waals surface area contributed by atoms with Crippen molar-refractivity contribution < 1.29 is 4.39 Å². The van der Waals surface area contributed by atoms with Crippen molar-refractivity contribution in [3.05, 3.63) is 34.6 Å². The summed E-state index contributed by atoms with van der Waals surface area (Å²) in [4.78, 5) is 0. The van der Waals surface area contributed by atoms with Gasteiger partial charge >= 0.3 is 0 Å². The largest absolute Gasteiger partial charge is 0.321 e. The fourth-order valence-electron chi connectivity index (χ4n) is 3.10. The Morgan fingerprint density at radius 2 is 2.06 bits per heavy atom. The lowest BCUT2D eigenvalue weighted by atomic mass is 9.84. The summed E-state index contributed by atoms with van der Waals surface area (Å²) in [5, 5.41) is 0. The van der Waals surface area contributed by atoms with E-state index < -0.39 is 5.54 Å². The Morgan fingerprint density at radius 1 is 1.38 bits per heavy atom. The molecule has 0 spiro atoms. The standard InChI is InChI=1S/C14H20FN/c1-9-4-5-14(16,8-9)13-11(3)6-10(2)7-12(13)15/h6-7,9H,4-5,8,16H2,1-3H3. The maximum Gasteiger partial charge on any atom is 0.128 e. The van der Waals surface area contributed by atoms with Crippen molar-refractivity contribution in [3.8, 4) is 0 Å². The highest BCUT2D eigenvalue weighted by atomic mass is 19.1. The van der Waals surface area contributed by atoms with E-state index in [1.807, 2.05) is 19.9 Å². The molecule has 1 aromatic rings. The number of aryl methyl sites for hydroxylation is 2. The molecule has 88 valence electrons. The first-order valence-electron chi connectivity index (χ1n) is 5.98. The van der Waals surface area contributed by atoms with E-state index in [9.17, 15) is 4.39 Å². The summed E-state index contributed by atoms with van der Waals surface area (Å²) in [5.41, 5.74) is 8.64. The molecule has 1 fully saturated rings. The molecular weight excluding hydrogens is 201 g/mol. The summed E-state index contributed by atoms with van der Waals surface area (Å²) in [6.45, 7) is 6.07. The second-order valence-corrected chi connectivity index (χ2v) is 5.44. The Morgan fingerprint density at radius 3 is 2.56 bits per heavy atom. The smallest absolute Gasteiger partial charge is 0.128 e. The molecule has 0 amide bonds. The van der Waals surface area contributed by atoms with Crippen molar-refractivity contribution in [2.75, 3.05) is 0 Å². The first-order valence-corrected chi connectivity index (χ1v) is 5.98. The summed E-state index contributed by atoms with van der Waals surface area (Å²) in [5.74, 6) is 0.471. The zero-order valence-corrected chi connectivity index (χ0v) is 10.3. The highest BCUT2D eigenvalue weighted by molar-refractivity contribution is 5.37. The van der Waals surface area contributed by atoms with E-state index in [-0.39, 0.29) is 5.82 Å². The zero-order chi connectivity index (χ0) is 11.9. The van der Waals surface area contributed by atoms with Gasteiger partial charge in [-0.2, -0.15) is 0 Å². The lowest BCUT2D eigenvalue weighted by molar-refractivity contribution is 0.414. The van der Waals surface area contributed by atoms with E-state index in [0.717, 1.165) is 36.0 Å². The maximum atomic E-state index is 14.1. The molecule has 1 aromatic carbocycles. The van der Waals surface area contributed by atoms with Gasteiger partial charge in [-0.1, -0.05) is 13.0 Å². The van der Waals surface area contributed by atoms with E-state index in [2.05, 4.69) is 6.92 Å². The van der Waals surface area contributed by atoms with Crippen molar-refractivity contribution >= 4 is 0 Å². The Kier molecular flexibility index (Phi) is 2.79. The molecule has 0 aliphatic heterocycles. The van der Waals surface area contributed by atoms with Crippen LogP contribution in [-0.2, 0) is 5.54 Å². The van der Waals surface area contributed by atoms with Crippen LogP contribution in [0.4, 0.5) is 4.39 Å². The fourth-order valence-corrected chi connectivity index (χ4v) is 3.10. The predicted molar refractivity (Wildman–Crippen MR) is 64.8 cm³/mol. The summed E-state index contributed by atoms with van der Waals surface area (Å²) in [6, 6.07) is 3.62. The molecule has 0 saturated heterocycles. The Labute approximate surface area is 96.9 Å². The minimum Gasteiger partial charge on any atom is -0.321 e. The topological polar surface area (TPSA) is 26.0 Å². The predicted octanol–water partition coefficient (Wildman–Crippen LogP) is 3.42. The summed E-state index contributed by atoms with van der Waals surface area (Å²) >= 11 is 0. The first-order chi connectivity index (χ1) is 7.42. The first kappa shape index (κ1) is 11.6. The molecule has 1 aliphatic carbocycles. The average molecular weight is 221 g/mol. The SMILES string of the molecule is Cc1cc(C)c(C2(N)CCC(C)C2)c(F)c1. The minimum absolute atomic E-state index is 0.130. The van der Waals surface area contributed by atoms with Crippen molar-refractivity contribution in [2.45, 2.75) is 45.6 Å². The maximum absolute atomic E-state index is 14.1. The quantitative estimate of drug-likeness (QED) is 0.772. The lowest BCUT2D eigenvalue weighted by Crippen LogP contribution is -2.35. The summed E-state index contributed by atoms with van der Waals surface area (Å²) in [7, 11) is 0. The molecule has 1 nitrogen and oxygen atoms in total. The van der Waals surface area contributed by atoms with Gasteiger partial charge in [-0.3, -0.25) is 0 Å². The molecule has 1 aliphatic rings. The molecule has 2 atom stereocenters. The number of hydrogen-bond acceptors (Lipinski definition) is 1. The van der Waals surface area contributed by atoms with Gasteiger partial charge < -0.3 is 5.73 Å².